The summed E-state index contributed by atoms with van der Waals surface area (Å²) >= 11 is 0. The molecule has 102 valence electrons. The largest absolute Gasteiger partial charge is 0.289 e. The van der Waals surface area contributed by atoms with Crippen LogP contribution in [-0.4, -0.2) is 14.2 Å². The number of allylic oxidation sites excluding steroid dienone is 1. The van der Waals surface area contributed by atoms with Gasteiger partial charge < -0.3 is 0 Å². The molecule has 2 N–H and O–H groups in total. The van der Waals surface area contributed by atoms with Crippen molar-refractivity contribution < 1.29 is 13.2 Å². The van der Waals surface area contributed by atoms with Crippen molar-refractivity contribution in [3.63, 3.8) is 0 Å². The monoisotopic (exact) mass is 287 g/mol. The lowest BCUT2D eigenvalue weighted by Crippen LogP contribution is -2.13. The Balaban J connectivity index is 2.32. The third kappa shape index (κ3) is 3.40. The molecule has 0 radical (unpaired) electrons. The summed E-state index contributed by atoms with van der Waals surface area (Å²) in [6, 6.07) is 15.0. The van der Waals surface area contributed by atoms with Gasteiger partial charge in [-0.1, -0.05) is 48.5 Å². The van der Waals surface area contributed by atoms with Gasteiger partial charge in [-0.15, -0.1) is 0 Å². The van der Waals surface area contributed by atoms with Crippen LogP contribution in [0.3, 0.4) is 0 Å². The van der Waals surface area contributed by atoms with Crippen LogP contribution in [0.15, 0.2) is 65.6 Å². The van der Waals surface area contributed by atoms with Crippen molar-refractivity contribution in [1.29, 1.82) is 0 Å². The summed E-state index contributed by atoms with van der Waals surface area (Å²) < 4.78 is 22.9. The van der Waals surface area contributed by atoms with Crippen molar-refractivity contribution in [2.45, 2.75) is 4.90 Å². The van der Waals surface area contributed by atoms with E-state index in [1.54, 1.807) is 42.5 Å². The van der Waals surface area contributed by atoms with E-state index < -0.39 is 10.0 Å². The van der Waals surface area contributed by atoms with Gasteiger partial charge in [-0.2, -0.15) is 0 Å². The maximum Gasteiger partial charge on any atom is 0.238 e. The minimum absolute atomic E-state index is 0.00267. The molecule has 0 aliphatic heterocycles. The van der Waals surface area contributed by atoms with Crippen molar-refractivity contribution in [2.24, 2.45) is 5.14 Å². The second-order valence-electron chi connectivity index (χ2n) is 4.15. The van der Waals surface area contributed by atoms with Gasteiger partial charge in [-0.25, -0.2) is 13.6 Å². The van der Waals surface area contributed by atoms with Crippen LogP contribution in [0.5, 0.6) is 0 Å². The highest BCUT2D eigenvalue weighted by atomic mass is 32.2. The Hall–Kier alpha value is -2.24. The van der Waals surface area contributed by atoms with Crippen molar-refractivity contribution in [1.82, 2.24) is 0 Å². The molecule has 0 heterocycles. The topological polar surface area (TPSA) is 77.2 Å². The quantitative estimate of drug-likeness (QED) is 0.692. The molecule has 0 spiro atoms. The molecule has 0 bridgehead atoms. The van der Waals surface area contributed by atoms with Crippen LogP contribution >= 0.6 is 0 Å². The lowest BCUT2D eigenvalue weighted by molar-refractivity contribution is 0.104. The molecular formula is C15H13NO3S. The first-order valence-corrected chi connectivity index (χ1v) is 7.42. The van der Waals surface area contributed by atoms with E-state index in [1.165, 1.54) is 18.2 Å². The SMILES string of the molecule is NS(=O)(=O)c1ccccc1C=CC(=O)c1ccccc1. The Morgan fingerprint density at radius 2 is 1.55 bits per heavy atom. The highest BCUT2D eigenvalue weighted by Gasteiger charge is 2.11. The lowest BCUT2D eigenvalue weighted by Gasteiger charge is -2.02. The Kier molecular flexibility index (Phi) is 4.12. The fourth-order valence-electron chi connectivity index (χ4n) is 1.74. The number of carbonyl (C=O) groups is 1. The number of nitrogens with two attached hydrogens (primary N) is 1. The molecule has 5 heteroatoms. The van der Waals surface area contributed by atoms with Gasteiger partial charge in [0.05, 0.1) is 4.90 Å². The number of benzene rings is 2. The standard InChI is InChI=1S/C15H13NO3S/c16-20(18,19)15-9-5-4-8-13(15)10-11-14(17)12-6-2-1-3-7-12/h1-11H,(H2,16,18,19). The van der Waals surface area contributed by atoms with Crippen molar-refractivity contribution >= 4 is 21.9 Å². The van der Waals surface area contributed by atoms with E-state index in [0.717, 1.165) is 0 Å². The molecule has 4 nitrogen and oxygen atoms in total. The van der Waals surface area contributed by atoms with Gasteiger partial charge in [0.2, 0.25) is 10.0 Å². The molecule has 0 saturated carbocycles. The molecule has 0 aliphatic rings. The molecule has 0 atom stereocenters. The fraction of sp³-hybridized carbons (Fsp3) is 0. The van der Waals surface area contributed by atoms with Crippen LogP contribution < -0.4 is 5.14 Å². The number of rotatable bonds is 4. The van der Waals surface area contributed by atoms with E-state index >= 15 is 0 Å². The van der Waals surface area contributed by atoms with Gasteiger partial charge in [0.1, 0.15) is 0 Å². The Bertz CT molecular complexity index is 750. The minimum atomic E-state index is -3.81. The Morgan fingerprint density at radius 3 is 2.20 bits per heavy atom. The average Bonchev–Trinajstić information content (AvgIpc) is 2.45. The van der Waals surface area contributed by atoms with E-state index in [0.29, 0.717) is 11.1 Å². The number of hydrogen-bond donors (Lipinski definition) is 1. The van der Waals surface area contributed by atoms with Crippen LogP contribution in [0.25, 0.3) is 6.08 Å². The van der Waals surface area contributed by atoms with Crippen LogP contribution in [0.2, 0.25) is 0 Å². The molecule has 0 fully saturated rings. The van der Waals surface area contributed by atoms with Gasteiger partial charge in [-0.05, 0) is 23.8 Å². The smallest absolute Gasteiger partial charge is 0.238 e. The average molecular weight is 287 g/mol. The van der Waals surface area contributed by atoms with Gasteiger partial charge in [0.25, 0.3) is 0 Å². The maximum atomic E-state index is 11.9. The number of carbonyl (C=O) groups excluding carboxylic acids is 1. The molecule has 0 aromatic heterocycles. The lowest BCUT2D eigenvalue weighted by atomic mass is 10.1. The summed E-state index contributed by atoms with van der Waals surface area (Å²) in [5.41, 5.74) is 0.927. The predicted octanol–water partition coefficient (Wildman–Crippen LogP) is 2.23. The van der Waals surface area contributed by atoms with E-state index in [-0.39, 0.29) is 10.7 Å². The number of hydrogen-bond acceptors (Lipinski definition) is 3. The molecule has 0 amide bonds. The molecule has 0 aliphatic carbocycles. The van der Waals surface area contributed by atoms with E-state index in [4.69, 9.17) is 5.14 Å². The van der Waals surface area contributed by atoms with Gasteiger partial charge in [-0.3, -0.25) is 4.79 Å². The summed E-state index contributed by atoms with van der Waals surface area (Å²) in [6.45, 7) is 0. The van der Waals surface area contributed by atoms with Crippen molar-refractivity contribution in [3.05, 3.63) is 71.8 Å². The van der Waals surface area contributed by atoms with Crippen LogP contribution in [0.4, 0.5) is 0 Å². The molecular weight excluding hydrogens is 274 g/mol. The summed E-state index contributed by atoms with van der Waals surface area (Å²) in [7, 11) is -3.81. The summed E-state index contributed by atoms with van der Waals surface area (Å²) in [6.07, 6.45) is 2.79. The van der Waals surface area contributed by atoms with E-state index in [1.807, 2.05) is 6.07 Å². The summed E-state index contributed by atoms with van der Waals surface area (Å²) in [4.78, 5) is 11.9. The number of primary sulfonamides is 1. The van der Waals surface area contributed by atoms with Gasteiger partial charge in [0, 0.05) is 5.56 Å². The molecule has 2 rings (SSSR count). The first kappa shape index (κ1) is 14.2. The Labute approximate surface area is 117 Å². The molecule has 2 aromatic carbocycles. The molecule has 20 heavy (non-hydrogen) atoms. The van der Waals surface area contributed by atoms with Crippen LogP contribution in [0.1, 0.15) is 15.9 Å². The van der Waals surface area contributed by atoms with Crippen LogP contribution in [0, 0.1) is 0 Å². The van der Waals surface area contributed by atoms with E-state index in [2.05, 4.69) is 0 Å². The summed E-state index contributed by atoms with van der Waals surface area (Å²) in [5.74, 6) is -0.199. The summed E-state index contributed by atoms with van der Waals surface area (Å²) in [5, 5.41) is 5.13. The highest BCUT2D eigenvalue weighted by Crippen LogP contribution is 2.15. The minimum Gasteiger partial charge on any atom is -0.289 e. The predicted molar refractivity (Wildman–Crippen MR) is 77.6 cm³/mol. The normalized spacial score (nSPS) is 11.7. The maximum absolute atomic E-state index is 11.9. The zero-order chi connectivity index (χ0) is 14.6. The van der Waals surface area contributed by atoms with Crippen LogP contribution in [-0.2, 0) is 10.0 Å². The third-order valence-corrected chi connectivity index (χ3v) is 3.68. The third-order valence-electron chi connectivity index (χ3n) is 2.70. The zero-order valence-corrected chi connectivity index (χ0v) is 11.4. The van der Waals surface area contributed by atoms with Crippen molar-refractivity contribution in [2.75, 3.05) is 0 Å². The first-order chi connectivity index (χ1) is 9.48. The fourth-order valence-corrected chi connectivity index (χ4v) is 2.47. The van der Waals surface area contributed by atoms with Gasteiger partial charge >= 0.3 is 0 Å². The van der Waals surface area contributed by atoms with Gasteiger partial charge in [0.15, 0.2) is 5.78 Å². The molecule has 0 unspecified atom stereocenters. The molecule has 0 saturated heterocycles. The molecule has 2 aromatic rings. The second-order valence-corrected chi connectivity index (χ2v) is 5.68. The van der Waals surface area contributed by atoms with E-state index in [9.17, 15) is 13.2 Å². The van der Waals surface area contributed by atoms with Crippen molar-refractivity contribution in [3.8, 4) is 0 Å². The Morgan fingerprint density at radius 1 is 0.950 bits per heavy atom. The first-order valence-electron chi connectivity index (χ1n) is 5.88. The highest BCUT2D eigenvalue weighted by molar-refractivity contribution is 7.89. The number of ketones is 1. The number of sulfonamides is 1. The zero-order valence-electron chi connectivity index (χ0n) is 10.6. The second kappa shape index (κ2) is 5.81.